The third kappa shape index (κ3) is 4.48. The normalized spacial score (nSPS) is 13.6. The number of esters is 1. The van der Waals surface area contributed by atoms with Gasteiger partial charge in [0.2, 0.25) is 0 Å². The van der Waals surface area contributed by atoms with Crippen LogP contribution in [0.2, 0.25) is 0 Å². The summed E-state index contributed by atoms with van der Waals surface area (Å²) >= 11 is 0. The van der Waals surface area contributed by atoms with Crippen LogP contribution in [0, 0.1) is 11.8 Å². The smallest absolute Gasteiger partial charge is 0.317 e. The molecule has 3 nitrogen and oxygen atoms in total. The molecule has 0 spiro atoms. The number of hydrogen-bond donors (Lipinski definition) is 0. The number of ketones is 1. The van der Waals surface area contributed by atoms with Crippen LogP contribution in [-0.2, 0) is 9.53 Å². The summed E-state index contributed by atoms with van der Waals surface area (Å²) in [6.45, 7) is 6.12. The van der Waals surface area contributed by atoms with Gasteiger partial charge in [0.15, 0.2) is 5.78 Å². The van der Waals surface area contributed by atoms with Crippen LogP contribution >= 0.6 is 0 Å². The van der Waals surface area contributed by atoms with E-state index in [1.807, 2.05) is 25.1 Å². The summed E-state index contributed by atoms with van der Waals surface area (Å²) in [6.07, 6.45) is 2.93. The van der Waals surface area contributed by atoms with Crippen LogP contribution in [0.4, 0.5) is 0 Å². The summed E-state index contributed by atoms with van der Waals surface area (Å²) < 4.78 is 5.09. The second kappa shape index (κ2) is 8.51. The van der Waals surface area contributed by atoms with Crippen LogP contribution in [0.1, 0.15) is 50.4 Å². The van der Waals surface area contributed by atoms with E-state index in [1.54, 1.807) is 19.1 Å². The van der Waals surface area contributed by atoms with E-state index >= 15 is 0 Å². The molecule has 0 N–H and O–H groups in total. The zero-order chi connectivity index (χ0) is 15.0. The Kier molecular flexibility index (Phi) is 6.99. The lowest BCUT2D eigenvalue weighted by atomic mass is 9.84. The Balaban J connectivity index is 2.92. The first-order valence-electron chi connectivity index (χ1n) is 7.37. The van der Waals surface area contributed by atoms with Gasteiger partial charge in [0.05, 0.1) is 6.61 Å². The van der Waals surface area contributed by atoms with E-state index in [-0.39, 0.29) is 11.7 Å². The molecule has 1 aromatic rings. The number of unbranched alkanes of at least 4 members (excludes halogenated alkanes) is 1. The quantitative estimate of drug-likeness (QED) is 0.411. The minimum Gasteiger partial charge on any atom is -0.465 e. The van der Waals surface area contributed by atoms with Gasteiger partial charge in [0.1, 0.15) is 5.92 Å². The SMILES string of the molecule is CCCCC(C)C(C(=O)OCC)C(=O)c1ccccc1. The van der Waals surface area contributed by atoms with Crippen molar-refractivity contribution < 1.29 is 14.3 Å². The third-order valence-corrected chi connectivity index (χ3v) is 3.46. The molecule has 3 heteroatoms. The lowest BCUT2D eigenvalue weighted by Crippen LogP contribution is -2.32. The second-order valence-corrected chi connectivity index (χ2v) is 5.08. The van der Waals surface area contributed by atoms with Crippen LogP contribution in [0.5, 0.6) is 0 Å². The van der Waals surface area contributed by atoms with Crippen molar-refractivity contribution in [2.24, 2.45) is 11.8 Å². The molecular weight excluding hydrogens is 252 g/mol. The Morgan fingerprint density at radius 1 is 1.15 bits per heavy atom. The molecule has 0 radical (unpaired) electrons. The van der Waals surface area contributed by atoms with E-state index in [0.717, 1.165) is 19.3 Å². The average Bonchev–Trinajstić information content (AvgIpc) is 2.46. The molecule has 0 saturated carbocycles. The van der Waals surface area contributed by atoms with Crippen molar-refractivity contribution in [3.05, 3.63) is 35.9 Å². The number of hydrogen-bond acceptors (Lipinski definition) is 3. The van der Waals surface area contributed by atoms with E-state index in [1.165, 1.54) is 0 Å². The van der Waals surface area contributed by atoms with Crippen molar-refractivity contribution >= 4 is 11.8 Å². The second-order valence-electron chi connectivity index (χ2n) is 5.08. The maximum atomic E-state index is 12.6. The van der Waals surface area contributed by atoms with E-state index in [2.05, 4.69) is 6.92 Å². The van der Waals surface area contributed by atoms with Gasteiger partial charge in [-0.1, -0.05) is 57.0 Å². The number of ether oxygens (including phenoxy) is 1. The monoisotopic (exact) mass is 276 g/mol. The van der Waals surface area contributed by atoms with Gasteiger partial charge in [-0.05, 0) is 19.3 Å². The fourth-order valence-electron chi connectivity index (χ4n) is 2.30. The minimum absolute atomic E-state index is 0.00158. The Hall–Kier alpha value is -1.64. The van der Waals surface area contributed by atoms with E-state index in [0.29, 0.717) is 12.2 Å². The molecule has 1 rings (SSSR count). The van der Waals surface area contributed by atoms with Crippen molar-refractivity contribution in [1.82, 2.24) is 0 Å². The minimum atomic E-state index is -0.691. The highest BCUT2D eigenvalue weighted by Crippen LogP contribution is 2.24. The predicted octanol–water partition coefficient (Wildman–Crippen LogP) is 3.87. The summed E-state index contributed by atoms with van der Waals surface area (Å²) in [5.74, 6) is -1.22. The lowest BCUT2D eigenvalue weighted by Gasteiger charge is -2.21. The zero-order valence-corrected chi connectivity index (χ0v) is 12.6. The fourth-order valence-corrected chi connectivity index (χ4v) is 2.30. The van der Waals surface area contributed by atoms with Gasteiger partial charge < -0.3 is 4.74 Å². The molecule has 110 valence electrons. The summed E-state index contributed by atoms with van der Waals surface area (Å²) in [7, 11) is 0. The highest BCUT2D eigenvalue weighted by Gasteiger charge is 2.33. The molecule has 0 aromatic heterocycles. The van der Waals surface area contributed by atoms with Crippen molar-refractivity contribution in [1.29, 1.82) is 0 Å². The number of carbonyl (C=O) groups excluding carboxylic acids is 2. The predicted molar refractivity (Wildman–Crippen MR) is 79.6 cm³/mol. The molecule has 20 heavy (non-hydrogen) atoms. The van der Waals surface area contributed by atoms with Gasteiger partial charge in [-0.15, -0.1) is 0 Å². The van der Waals surface area contributed by atoms with E-state index < -0.39 is 11.9 Å². The van der Waals surface area contributed by atoms with Crippen molar-refractivity contribution in [2.45, 2.75) is 40.0 Å². The molecular formula is C17H24O3. The summed E-state index contributed by atoms with van der Waals surface area (Å²) in [6, 6.07) is 8.98. The number of Topliss-reactive ketones (excluding diaryl/α,β-unsaturated/α-hetero) is 1. The molecule has 1 aromatic carbocycles. The van der Waals surface area contributed by atoms with Crippen LogP contribution in [-0.4, -0.2) is 18.4 Å². The van der Waals surface area contributed by atoms with Gasteiger partial charge in [0, 0.05) is 5.56 Å². The van der Waals surface area contributed by atoms with Crippen LogP contribution < -0.4 is 0 Å². The first-order chi connectivity index (χ1) is 9.61. The summed E-state index contributed by atoms with van der Waals surface area (Å²) in [5.41, 5.74) is 0.578. The van der Waals surface area contributed by atoms with Gasteiger partial charge >= 0.3 is 5.97 Å². The molecule has 0 aliphatic heterocycles. The number of benzene rings is 1. The topological polar surface area (TPSA) is 43.4 Å². The van der Waals surface area contributed by atoms with Crippen molar-refractivity contribution in [3.8, 4) is 0 Å². The Bertz CT molecular complexity index is 425. The van der Waals surface area contributed by atoms with Gasteiger partial charge in [-0.25, -0.2) is 0 Å². The van der Waals surface area contributed by atoms with Crippen molar-refractivity contribution in [2.75, 3.05) is 6.61 Å². The largest absolute Gasteiger partial charge is 0.465 e. The third-order valence-electron chi connectivity index (χ3n) is 3.46. The van der Waals surface area contributed by atoms with Gasteiger partial charge in [0.25, 0.3) is 0 Å². The van der Waals surface area contributed by atoms with Crippen LogP contribution in [0.15, 0.2) is 30.3 Å². The average molecular weight is 276 g/mol. The molecule has 2 unspecified atom stereocenters. The molecule has 0 aliphatic carbocycles. The molecule has 0 heterocycles. The maximum absolute atomic E-state index is 12.6. The standard InChI is InChI=1S/C17H24O3/c1-4-6-10-13(3)15(17(19)20-5-2)16(18)14-11-8-7-9-12-14/h7-9,11-13,15H,4-6,10H2,1-3H3. The molecule has 0 saturated heterocycles. The van der Waals surface area contributed by atoms with E-state index in [4.69, 9.17) is 4.74 Å². The first-order valence-corrected chi connectivity index (χ1v) is 7.37. The number of rotatable bonds is 8. The summed E-state index contributed by atoms with van der Waals surface area (Å²) in [5, 5.41) is 0. The highest BCUT2D eigenvalue weighted by atomic mass is 16.5. The van der Waals surface area contributed by atoms with Gasteiger partial charge in [-0.3, -0.25) is 9.59 Å². The highest BCUT2D eigenvalue weighted by molar-refractivity contribution is 6.08. The molecule has 0 aliphatic rings. The molecule has 2 atom stereocenters. The Morgan fingerprint density at radius 2 is 1.80 bits per heavy atom. The van der Waals surface area contributed by atoms with Gasteiger partial charge in [-0.2, -0.15) is 0 Å². The van der Waals surface area contributed by atoms with Crippen LogP contribution in [0.3, 0.4) is 0 Å². The first kappa shape index (κ1) is 16.4. The maximum Gasteiger partial charge on any atom is 0.317 e. The summed E-state index contributed by atoms with van der Waals surface area (Å²) in [4.78, 5) is 24.7. The van der Waals surface area contributed by atoms with Crippen molar-refractivity contribution in [3.63, 3.8) is 0 Å². The fraction of sp³-hybridized carbons (Fsp3) is 0.529. The Morgan fingerprint density at radius 3 is 2.35 bits per heavy atom. The number of carbonyl (C=O) groups is 2. The van der Waals surface area contributed by atoms with E-state index in [9.17, 15) is 9.59 Å². The molecule has 0 fully saturated rings. The molecule has 0 amide bonds. The van der Waals surface area contributed by atoms with Crippen LogP contribution in [0.25, 0.3) is 0 Å². The Labute approximate surface area is 121 Å². The zero-order valence-electron chi connectivity index (χ0n) is 12.6. The molecule has 0 bridgehead atoms. The lowest BCUT2D eigenvalue weighted by molar-refractivity contribution is -0.147.